The second-order valence-electron chi connectivity index (χ2n) is 8.32. The standard InChI is InChI=1S/C26H34Cl2N2O3/c1-5-7-14-29-26(32)23(6-2)30(16-19-12-13-21(27)22(28)15-19)25(31)17-33-24-11-9-8-10-20(24)18(3)4/h8-13,15,18,23H,5-7,14,16-17H2,1-4H3,(H,29,32). The number of halogens is 2. The molecule has 1 unspecified atom stereocenters. The number of carbonyl (C=O) groups is 2. The molecule has 180 valence electrons. The van der Waals surface area contributed by atoms with E-state index in [1.807, 2.05) is 37.3 Å². The zero-order valence-corrected chi connectivity index (χ0v) is 21.4. The molecule has 0 radical (unpaired) electrons. The normalized spacial score (nSPS) is 11.8. The minimum atomic E-state index is -0.618. The number of amides is 2. The van der Waals surface area contributed by atoms with Gasteiger partial charge in [0.05, 0.1) is 10.0 Å². The molecule has 5 nitrogen and oxygen atoms in total. The highest BCUT2D eigenvalue weighted by Crippen LogP contribution is 2.27. The highest BCUT2D eigenvalue weighted by Gasteiger charge is 2.29. The lowest BCUT2D eigenvalue weighted by atomic mass is 10.0. The molecule has 0 aliphatic rings. The molecular weight excluding hydrogens is 459 g/mol. The summed E-state index contributed by atoms with van der Waals surface area (Å²) in [6.07, 6.45) is 2.34. The van der Waals surface area contributed by atoms with E-state index >= 15 is 0 Å². The Balaban J connectivity index is 2.25. The van der Waals surface area contributed by atoms with Crippen LogP contribution in [0.25, 0.3) is 0 Å². The molecule has 0 aromatic heterocycles. The lowest BCUT2D eigenvalue weighted by Gasteiger charge is -2.31. The van der Waals surface area contributed by atoms with Gasteiger partial charge in [-0.3, -0.25) is 9.59 Å². The molecule has 0 bridgehead atoms. The maximum absolute atomic E-state index is 13.4. The summed E-state index contributed by atoms with van der Waals surface area (Å²) in [6.45, 7) is 8.76. The van der Waals surface area contributed by atoms with Crippen LogP contribution in [0, 0.1) is 0 Å². The SMILES string of the molecule is CCCCNC(=O)C(CC)N(Cc1ccc(Cl)c(Cl)c1)C(=O)COc1ccccc1C(C)C. The summed E-state index contributed by atoms with van der Waals surface area (Å²) in [5, 5.41) is 3.80. The van der Waals surface area contributed by atoms with Crippen molar-refractivity contribution in [2.45, 2.75) is 65.5 Å². The van der Waals surface area contributed by atoms with Crippen LogP contribution in [0.15, 0.2) is 42.5 Å². The fourth-order valence-electron chi connectivity index (χ4n) is 3.57. The van der Waals surface area contributed by atoms with Crippen LogP contribution < -0.4 is 10.1 Å². The van der Waals surface area contributed by atoms with Crippen LogP contribution in [0.1, 0.15) is 64.0 Å². The first-order valence-electron chi connectivity index (χ1n) is 11.5. The van der Waals surface area contributed by atoms with E-state index in [0.717, 1.165) is 24.0 Å². The van der Waals surface area contributed by atoms with Crippen LogP contribution in [0.5, 0.6) is 5.75 Å². The van der Waals surface area contributed by atoms with Gasteiger partial charge in [-0.25, -0.2) is 0 Å². The Hall–Kier alpha value is -2.24. The Morgan fingerprint density at radius 2 is 1.79 bits per heavy atom. The van der Waals surface area contributed by atoms with Crippen LogP contribution in [0.4, 0.5) is 0 Å². The van der Waals surface area contributed by atoms with Gasteiger partial charge in [-0.05, 0) is 48.1 Å². The fourth-order valence-corrected chi connectivity index (χ4v) is 3.89. The second-order valence-corrected chi connectivity index (χ2v) is 9.13. The predicted molar refractivity (Wildman–Crippen MR) is 135 cm³/mol. The monoisotopic (exact) mass is 492 g/mol. The lowest BCUT2D eigenvalue weighted by Crippen LogP contribution is -2.50. The first-order chi connectivity index (χ1) is 15.8. The largest absolute Gasteiger partial charge is 0.483 e. The summed E-state index contributed by atoms with van der Waals surface area (Å²) < 4.78 is 5.92. The molecule has 0 saturated heterocycles. The molecule has 2 rings (SSSR count). The van der Waals surface area contributed by atoms with Crippen LogP contribution in [0.3, 0.4) is 0 Å². The van der Waals surface area contributed by atoms with Gasteiger partial charge in [0, 0.05) is 13.1 Å². The molecule has 0 spiro atoms. The maximum Gasteiger partial charge on any atom is 0.261 e. The molecular formula is C26H34Cl2N2O3. The molecule has 2 aromatic rings. The minimum Gasteiger partial charge on any atom is -0.483 e. The van der Waals surface area contributed by atoms with E-state index in [2.05, 4.69) is 26.1 Å². The molecule has 7 heteroatoms. The topological polar surface area (TPSA) is 58.6 Å². The van der Waals surface area contributed by atoms with Gasteiger partial charge in [-0.2, -0.15) is 0 Å². The number of benzene rings is 2. The molecule has 0 fully saturated rings. The summed E-state index contributed by atoms with van der Waals surface area (Å²) in [7, 11) is 0. The third kappa shape index (κ3) is 7.94. The summed E-state index contributed by atoms with van der Waals surface area (Å²) in [5.74, 6) is 0.506. The number of ether oxygens (including phenoxy) is 1. The summed E-state index contributed by atoms with van der Waals surface area (Å²) in [5.41, 5.74) is 1.82. The van der Waals surface area contributed by atoms with E-state index in [4.69, 9.17) is 27.9 Å². The van der Waals surface area contributed by atoms with Gasteiger partial charge in [0.15, 0.2) is 6.61 Å². The number of para-hydroxylation sites is 1. The van der Waals surface area contributed by atoms with Crippen molar-refractivity contribution in [3.8, 4) is 5.75 Å². The highest BCUT2D eigenvalue weighted by atomic mass is 35.5. The van der Waals surface area contributed by atoms with Gasteiger partial charge in [0.25, 0.3) is 5.91 Å². The van der Waals surface area contributed by atoms with Crippen LogP contribution in [-0.2, 0) is 16.1 Å². The number of hydrogen-bond donors (Lipinski definition) is 1. The van der Waals surface area contributed by atoms with Gasteiger partial charge in [-0.1, -0.05) is 81.6 Å². The molecule has 0 aliphatic carbocycles. The van der Waals surface area contributed by atoms with Gasteiger partial charge in [0.2, 0.25) is 5.91 Å². The quantitative estimate of drug-likeness (QED) is 0.357. The number of hydrogen-bond acceptors (Lipinski definition) is 3. The van der Waals surface area contributed by atoms with Crippen molar-refractivity contribution in [2.75, 3.05) is 13.2 Å². The van der Waals surface area contributed by atoms with E-state index in [0.29, 0.717) is 28.8 Å². The van der Waals surface area contributed by atoms with Crippen molar-refractivity contribution in [1.29, 1.82) is 0 Å². The maximum atomic E-state index is 13.4. The van der Waals surface area contributed by atoms with Crippen molar-refractivity contribution in [1.82, 2.24) is 10.2 Å². The number of carbonyl (C=O) groups excluding carboxylic acids is 2. The number of unbranched alkanes of at least 4 members (excludes halogenated alkanes) is 1. The average molecular weight is 493 g/mol. The van der Waals surface area contributed by atoms with E-state index < -0.39 is 6.04 Å². The van der Waals surface area contributed by atoms with Gasteiger partial charge >= 0.3 is 0 Å². The zero-order valence-electron chi connectivity index (χ0n) is 19.9. The number of rotatable bonds is 12. The molecule has 33 heavy (non-hydrogen) atoms. The zero-order chi connectivity index (χ0) is 24.4. The molecule has 0 saturated carbocycles. The third-order valence-electron chi connectivity index (χ3n) is 5.44. The predicted octanol–water partition coefficient (Wildman–Crippen LogP) is 6.22. The Bertz CT molecular complexity index is 934. The smallest absolute Gasteiger partial charge is 0.261 e. The average Bonchev–Trinajstić information content (AvgIpc) is 2.80. The summed E-state index contributed by atoms with van der Waals surface area (Å²) >= 11 is 12.2. The Labute approximate surface area is 207 Å². The van der Waals surface area contributed by atoms with Crippen molar-refractivity contribution in [3.05, 3.63) is 63.6 Å². The summed E-state index contributed by atoms with van der Waals surface area (Å²) in [4.78, 5) is 27.8. The van der Waals surface area contributed by atoms with Crippen LogP contribution in [-0.4, -0.2) is 35.9 Å². The van der Waals surface area contributed by atoms with E-state index in [1.54, 1.807) is 17.0 Å². The van der Waals surface area contributed by atoms with Crippen LogP contribution in [0.2, 0.25) is 10.0 Å². The van der Waals surface area contributed by atoms with E-state index in [-0.39, 0.29) is 30.9 Å². The molecule has 0 heterocycles. The number of nitrogens with one attached hydrogen (secondary N) is 1. The Kier molecular flexibility index (Phi) is 11.0. The fraction of sp³-hybridized carbons (Fsp3) is 0.462. The van der Waals surface area contributed by atoms with Gasteiger partial charge in [0.1, 0.15) is 11.8 Å². The first-order valence-corrected chi connectivity index (χ1v) is 12.3. The summed E-state index contributed by atoms with van der Waals surface area (Å²) in [6, 6.07) is 12.3. The van der Waals surface area contributed by atoms with Crippen molar-refractivity contribution in [2.24, 2.45) is 0 Å². The first kappa shape index (κ1) is 27.0. The molecule has 2 aromatic carbocycles. The van der Waals surface area contributed by atoms with Gasteiger partial charge in [-0.15, -0.1) is 0 Å². The van der Waals surface area contributed by atoms with Crippen LogP contribution >= 0.6 is 23.2 Å². The third-order valence-corrected chi connectivity index (χ3v) is 6.18. The van der Waals surface area contributed by atoms with E-state index in [9.17, 15) is 9.59 Å². The lowest BCUT2D eigenvalue weighted by molar-refractivity contribution is -0.143. The van der Waals surface area contributed by atoms with E-state index in [1.165, 1.54) is 0 Å². The molecule has 0 aliphatic heterocycles. The minimum absolute atomic E-state index is 0.163. The highest BCUT2D eigenvalue weighted by molar-refractivity contribution is 6.42. The van der Waals surface area contributed by atoms with Crippen molar-refractivity contribution < 1.29 is 14.3 Å². The molecule has 1 atom stereocenters. The molecule has 2 amide bonds. The van der Waals surface area contributed by atoms with Crippen molar-refractivity contribution in [3.63, 3.8) is 0 Å². The Morgan fingerprint density at radius 3 is 2.42 bits per heavy atom. The van der Waals surface area contributed by atoms with Gasteiger partial charge < -0.3 is 15.0 Å². The molecule has 1 N–H and O–H groups in total. The number of nitrogens with zero attached hydrogens (tertiary/aromatic N) is 1. The second kappa shape index (κ2) is 13.5. The van der Waals surface area contributed by atoms with Crippen molar-refractivity contribution >= 4 is 35.0 Å². The Morgan fingerprint density at radius 1 is 1.06 bits per heavy atom.